The quantitative estimate of drug-likeness (QED) is 0.785. The topological polar surface area (TPSA) is 21.3 Å². The molecule has 1 aromatic rings. The summed E-state index contributed by atoms with van der Waals surface area (Å²) in [6, 6.07) is 5.63. The van der Waals surface area contributed by atoms with Gasteiger partial charge in [0.25, 0.3) is 0 Å². The van der Waals surface area contributed by atoms with Gasteiger partial charge in [-0.1, -0.05) is 19.1 Å². The standard InChI is InChI=1S/C14H22FNOS/c1-4-8-16-12(10-18-3)9-11-6-5-7-13(17-2)14(11)15/h5-7,12,16H,4,8-10H2,1-3H3. The Kier molecular flexibility index (Phi) is 7.13. The molecule has 1 atom stereocenters. The molecule has 1 N–H and O–H groups in total. The summed E-state index contributed by atoms with van der Waals surface area (Å²) in [4.78, 5) is 0. The van der Waals surface area contributed by atoms with Crippen LogP contribution >= 0.6 is 11.8 Å². The molecule has 0 aliphatic carbocycles. The maximum atomic E-state index is 14.0. The molecule has 0 radical (unpaired) electrons. The second-order valence-corrected chi connectivity index (χ2v) is 5.15. The molecule has 0 saturated carbocycles. The van der Waals surface area contributed by atoms with E-state index in [0.717, 1.165) is 24.3 Å². The fraction of sp³-hybridized carbons (Fsp3) is 0.571. The summed E-state index contributed by atoms with van der Waals surface area (Å²) in [5.41, 5.74) is 0.719. The van der Waals surface area contributed by atoms with Crippen molar-refractivity contribution in [3.63, 3.8) is 0 Å². The van der Waals surface area contributed by atoms with E-state index in [2.05, 4.69) is 18.5 Å². The van der Waals surface area contributed by atoms with Crippen molar-refractivity contribution in [3.05, 3.63) is 29.6 Å². The van der Waals surface area contributed by atoms with Gasteiger partial charge in [-0.2, -0.15) is 11.8 Å². The fourth-order valence-corrected chi connectivity index (χ4v) is 2.51. The Hall–Kier alpha value is -0.740. The van der Waals surface area contributed by atoms with Gasteiger partial charge in [-0.05, 0) is 37.3 Å². The van der Waals surface area contributed by atoms with E-state index >= 15 is 0 Å². The van der Waals surface area contributed by atoms with Crippen molar-refractivity contribution < 1.29 is 9.13 Å². The third-order valence-corrected chi connectivity index (χ3v) is 3.52. The van der Waals surface area contributed by atoms with Crippen LogP contribution in [0.4, 0.5) is 4.39 Å². The van der Waals surface area contributed by atoms with Crippen molar-refractivity contribution in [2.24, 2.45) is 0 Å². The number of benzene rings is 1. The number of rotatable bonds is 8. The predicted octanol–water partition coefficient (Wildman–Crippen LogP) is 3.11. The highest BCUT2D eigenvalue weighted by Crippen LogP contribution is 2.21. The maximum Gasteiger partial charge on any atom is 0.168 e. The molecule has 0 aliphatic rings. The number of nitrogens with one attached hydrogen (secondary N) is 1. The summed E-state index contributed by atoms with van der Waals surface area (Å²) in [6.07, 6.45) is 3.86. The van der Waals surface area contributed by atoms with Gasteiger partial charge in [0.05, 0.1) is 7.11 Å². The monoisotopic (exact) mass is 271 g/mol. The van der Waals surface area contributed by atoms with Gasteiger partial charge in [-0.25, -0.2) is 4.39 Å². The zero-order valence-electron chi connectivity index (χ0n) is 11.3. The van der Waals surface area contributed by atoms with Crippen molar-refractivity contribution in [2.75, 3.05) is 25.7 Å². The van der Waals surface area contributed by atoms with E-state index in [4.69, 9.17) is 4.74 Å². The molecular weight excluding hydrogens is 249 g/mol. The average Bonchev–Trinajstić information content (AvgIpc) is 2.38. The third-order valence-electron chi connectivity index (χ3n) is 2.78. The van der Waals surface area contributed by atoms with E-state index in [1.807, 2.05) is 12.1 Å². The van der Waals surface area contributed by atoms with E-state index in [-0.39, 0.29) is 5.82 Å². The molecule has 2 nitrogen and oxygen atoms in total. The Labute approximate surface area is 113 Å². The first-order chi connectivity index (χ1) is 8.72. The summed E-state index contributed by atoms with van der Waals surface area (Å²) in [5, 5.41) is 3.46. The van der Waals surface area contributed by atoms with Gasteiger partial charge >= 0.3 is 0 Å². The number of hydrogen-bond donors (Lipinski definition) is 1. The highest BCUT2D eigenvalue weighted by atomic mass is 32.2. The van der Waals surface area contributed by atoms with E-state index in [1.54, 1.807) is 17.8 Å². The minimum atomic E-state index is -0.232. The molecule has 0 saturated heterocycles. The summed E-state index contributed by atoms with van der Waals surface area (Å²) >= 11 is 1.78. The van der Waals surface area contributed by atoms with Gasteiger partial charge < -0.3 is 10.1 Å². The molecule has 0 bridgehead atoms. The third kappa shape index (κ3) is 4.50. The lowest BCUT2D eigenvalue weighted by atomic mass is 10.1. The van der Waals surface area contributed by atoms with Crippen LogP contribution < -0.4 is 10.1 Å². The normalized spacial score (nSPS) is 12.4. The highest BCUT2D eigenvalue weighted by Gasteiger charge is 2.13. The van der Waals surface area contributed by atoms with Gasteiger partial charge in [0.1, 0.15) is 0 Å². The number of hydrogen-bond acceptors (Lipinski definition) is 3. The predicted molar refractivity (Wildman–Crippen MR) is 77.1 cm³/mol. The molecule has 0 aliphatic heterocycles. The van der Waals surface area contributed by atoms with Crippen LogP contribution in [-0.4, -0.2) is 31.7 Å². The molecule has 0 heterocycles. The van der Waals surface area contributed by atoms with Crippen molar-refractivity contribution in [1.82, 2.24) is 5.32 Å². The molecule has 102 valence electrons. The number of ether oxygens (including phenoxy) is 1. The van der Waals surface area contributed by atoms with Gasteiger partial charge in [-0.3, -0.25) is 0 Å². The number of thioether (sulfide) groups is 1. The maximum absolute atomic E-state index is 14.0. The minimum Gasteiger partial charge on any atom is -0.494 e. The highest BCUT2D eigenvalue weighted by molar-refractivity contribution is 7.98. The van der Waals surface area contributed by atoms with Gasteiger partial charge in [0.2, 0.25) is 0 Å². The Morgan fingerprint density at radius 3 is 2.83 bits per heavy atom. The van der Waals surface area contributed by atoms with Crippen LogP contribution in [0.25, 0.3) is 0 Å². The molecular formula is C14H22FNOS. The van der Waals surface area contributed by atoms with E-state index < -0.39 is 0 Å². The molecule has 1 unspecified atom stereocenters. The van der Waals surface area contributed by atoms with Crippen LogP contribution in [0.1, 0.15) is 18.9 Å². The lowest BCUT2D eigenvalue weighted by molar-refractivity contribution is 0.383. The summed E-state index contributed by atoms with van der Waals surface area (Å²) < 4.78 is 19.0. The number of methoxy groups -OCH3 is 1. The minimum absolute atomic E-state index is 0.232. The van der Waals surface area contributed by atoms with E-state index in [0.29, 0.717) is 18.2 Å². The Balaban J connectivity index is 2.73. The van der Waals surface area contributed by atoms with Crippen molar-refractivity contribution in [3.8, 4) is 5.75 Å². The van der Waals surface area contributed by atoms with Crippen LogP contribution in [0, 0.1) is 5.82 Å². The molecule has 0 spiro atoms. The first-order valence-corrected chi connectivity index (χ1v) is 7.66. The smallest absolute Gasteiger partial charge is 0.168 e. The molecule has 0 aromatic heterocycles. The van der Waals surface area contributed by atoms with Crippen LogP contribution in [0.3, 0.4) is 0 Å². The summed E-state index contributed by atoms with van der Waals surface area (Å²) in [7, 11) is 1.50. The molecule has 18 heavy (non-hydrogen) atoms. The zero-order valence-corrected chi connectivity index (χ0v) is 12.1. The molecule has 1 rings (SSSR count). The molecule has 1 aromatic carbocycles. The fourth-order valence-electron chi connectivity index (χ4n) is 1.88. The molecule has 0 amide bonds. The van der Waals surface area contributed by atoms with Crippen LogP contribution in [-0.2, 0) is 6.42 Å². The van der Waals surface area contributed by atoms with Crippen LogP contribution in [0.5, 0.6) is 5.75 Å². The zero-order chi connectivity index (χ0) is 13.4. The summed E-state index contributed by atoms with van der Waals surface area (Å²) in [6.45, 7) is 3.10. The molecule has 4 heteroatoms. The first kappa shape index (κ1) is 15.3. The van der Waals surface area contributed by atoms with Crippen molar-refractivity contribution >= 4 is 11.8 Å². The van der Waals surface area contributed by atoms with Crippen LogP contribution in [0.15, 0.2) is 18.2 Å². The van der Waals surface area contributed by atoms with Crippen molar-refractivity contribution in [2.45, 2.75) is 25.8 Å². The average molecular weight is 271 g/mol. The Morgan fingerprint density at radius 1 is 1.44 bits per heavy atom. The largest absolute Gasteiger partial charge is 0.494 e. The summed E-state index contributed by atoms with van der Waals surface area (Å²) in [5.74, 6) is 1.08. The van der Waals surface area contributed by atoms with Crippen molar-refractivity contribution in [1.29, 1.82) is 0 Å². The lowest BCUT2D eigenvalue weighted by Crippen LogP contribution is -2.34. The lowest BCUT2D eigenvalue weighted by Gasteiger charge is -2.18. The van der Waals surface area contributed by atoms with Gasteiger partial charge in [0, 0.05) is 11.8 Å². The van der Waals surface area contributed by atoms with Crippen LogP contribution in [0.2, 0.25) is 0 Å². The second-order valence-electron chi connectivity index (χ2n) is 4.24. The number of halogens is 1. The van der Waals surface area contributed by atoms with Gasteiger partial charge in [0.15, 0.2) is 11.6 Å². The second kappa shape index (κ2) is 8.38. The molecule has 0 fully saturated rings. The Morgan fingerprint density at radius 2 is 2.22 bits per heavy atom. The van der Waals surface area contributed by atoms with Gasteiger partial charge in [-0.15, -0.1) is 0 Å². The first-order valence-electron chi connectivity index (χ1n) is 6.26. The van der Waals surface area contributed by atoms with E-state index in [9.17, 15) is 4.39 Å². The SMILES string of the molecule is CCCNC(CSC)Cc1cccc(OC)c1F. The van der Waals surface area contributed by atoms with E-state index in [1.165, 1.54) is 7.11 Å². The Bertz CT molecular complexity index is 360.